The second-order valence-corrected chi connectivity index (χ2v) is 15.9. The van der Waals surface area contributed by atoms with Gasteiger partial charge in [0.15, 0.2) is 5.75 Å². The molecule has 1 aliphatic carbocycles. The van der Waals surface area contributed by atoms with Gasteiger partial charge in [-0.2, -0.15) is 0 Å². The molecule has 53 heavy (non-hydrogen) atoms. The molecule has 284 valence electrons. The summed E-state index contributed by atoms with van der Waals surface area (Å²) in [4.78, 5) is 51.0. The smallest absolute Gasteiger partial charge is 0.410 e. The first kappa shape index (κ1) is 38.5. The first-order valence-corrected chi connectivity index (χ1v) is 18.7. The minimum absolute atomic E-state index is 0.0287. The average molecular weight is 792 g/mol. The summed E-state index contributed by atoms with van der Waals surface area (Å²) in [7, 11) is 1.60. The molecule has 16 heteroatoms. The van der Waals surface area contributed by atoms with Crippen molar-refractivity contribution in [1.29, 1.82) is 0 Å². The molecule has 12 nitrogen and oxygen atoms in total. The molecule has 1 unspecified atom stereocenters. The molecule has 2 fully saturated rings. The highest BCUT2D eigenvalue weighted by Crippen LogP contribution is 2.44. The fourth-order valence-corrected chi connectivity index (χ4v) is 8.15. The molecule has 2 bridgehead atoms. The lowest BCUT2D eigenvalue weighted by molar-refractivity contribution is -0.129. The van der Waals surface area contributed by atoms with Crippen molar-refractivity contribution in [1.82, 2.24) is 19.7 Å². The van der Waals surface area contributed by atoms with Gasteiger partial charge in [0.25, 0.3) is 11.1 Å². The van der Waals surface area contributed by atoms with Crippen LogP contribution >= 0.6 is 34.5 Å². The van der Waals surface area contributed by atoms with Gasteiger partial charge in [-0.25, -0.2) is 19.0 Å². The number of rotatable bonds is 11. The number of hydrogen-bond donors (Lipinski definition) is 1. The Balaban J connectivity index is 1.33. The second kappa shape index (κ2) is 15.6. The number of benzene rings is 2. The van der Waals surface area contributed by atoms with E-state index in [-0.39, 0.29) is 60.5 Å². The van der Waals surface area contributed by atoms with Crippen LogP contribution in [0.3, 0.4) is 0 Å². The molecule has 0 radical (unpaired) electrons. The minimum atomic E-state index is -1.18. The van der Waals surface area contributed by atoms with Gasteiger partial charge >= 0.3 is 12.2 Å². The highest BCUT2D eigenvalue weighted by molar-refractivity contribution is 7.14. The van der Waals surface area contributed by atoms with Crippen LogP contribution in [-0.2, 0) is 16.1 Å². The van der Waals surface area contributed by atoms with Gasteiger partial charge < -0.3 is 33.9 Å². The maximum atomic E-state index is 15.0. The Kier molecular flexibility index (Phi) is 11.3. The van der Waals surface area contributed by atoms with Crippen LogP contribution in [0.15, 0.2) is 42.1 Å². The topological polar surface area (TPSA) is 131 Å². The number of fused-ring (bicyclic) bond motifs is 2. The van der Waals surface area contributed by atoms with Crippen LogP contribution in [0.4, 0.5) is 14.0 Å². The molecule has 3 amide bonds. The van der Waals surface area contributed by atoms with E-state index in [2.05, 4.69) is 4.98 Å². The van der Waals surface area contributed by atoms with Gasteiger partial charge in [-0.1, -0.05) is 46.7 Å². The molecule has 2 aliphatic heterocycles. The largest absolute Gasteiger partial charge is 0.496 e. The second-order valence-electron chi connectivity index (χ2n) is 14.1. The Morgan fingerprint density at radius 2 is 1.79 bits per heavy atom. The summed E-state index contributed by atoms with van der Waals surface area (Å²) in [5.41, 5.74) is 2.00. The number of methoxy groups -OCH3 is 1. The van der Waals surface area contributed by atoms with E-state index in [0.717, 1.165) is 36.1 Å². The average Bonchev–Trinajstić information content (AvgIpc) is 3.81. The predicted molar refractivity (Wildman–Crippen MR) is 198 cm³/mol. The fourth-order valence-electron chi connectivity index (χ4n) is 6.73. The summed E-state index contributed by atoms with van der Waals surface area (Å²) < 4.78 is 36.3. The number of thiazole rings is 1. The van der Waals surface area contributed by atoms with Crippen LogP contribution in [0.1, 0.15) is 56.0 Å². The molecule has 1 N–H and O–H groups in total. The summed E-state index contributed by atoms with van der Waals surface area (Å²) in [6, 6.07) is 6.25. The monoisotopic (exact) mass is 790 g/mol. The number of ether oxygens (including phenoxy) is 4. The molecule has 3 heterocycles. The summed E-state index contributed by atoms with van der Waals surface area (Å²) >= 11 is 13.4. The first-order valence-electron chi connectivity index (χ1n) is 17.2. The van der Waals surface area contributed by atoms with Crippen molar-refractivity contribution in [3.63, 3.8) is 0 Å². The van der Waals surface area contributed by atoms with E-state index in [9.17, 15) is 19.1 Å². The van der Waals surface area contributed by atoms with Crippen molar-refractivity contribution >= 4 is 58.2 Å². The zero-order valence-electron chi connectivity index (χ0n) is 30.0. The number of piperazine rings is 1. The minimum Gasteiger partial charge on any atom is -0.496 e. The Bertz CT molecular complexity index is 1910. The van der Waals surface area contributed by atoms with E-state index in [0.29, 0.717) is 33.5 Å². The van der Waals surface area contributed by atoms with E-state index < -0.39 is 35.7 Å². The molecule has 1 saturated heterocycles. The third-order valence-electron chi connectivity index (χ3n) is 9.26. The van der Waals surface area contributed by atoms with Gasteiger partial charge in [-0.3, -0.25) is 9.69 Å². The van der Waals surface area contributed by atoms with Crippen molar-refractivity contribution in [2.45, 2.75) is 77.2 Å². The van der Waals surface area contributed by atoms with E-state index in [1.807, 2.05) is 30.0 Å². The van der Waals surface area contributed by atoms with Gasteiger partial charge in [0.05, 0.1) is 34.1 Å². The number of nitrogens with zero attached hydrogens (tertiary/aromatic N) is 4. The molecular weight excluding hydrogens is 750 g/mol. The summed E-state index contributed by atoms with van der Waals surface area (Å²) in [6.07, 6.45) is 1.65. The van der Waals surface area contributed by atoms with Crippen molar-refractivity contribution in [2.24, 2.45) is 0 Å². The van der Waals surface area contributed by atoms with Crippen LogP contribution in [-0.4, -0.2) is 100 Å². The highest BCUT2D eigenvalue weighted by atomic mass is 35.5. The maximum absolute atomic E-state index is 15.0. The molecule has 1 saturated carbocycles. The van der Waals surface area contributed by atoms with Gasteiger partial charge in [0.1, 0.15) is 30.4 Å². The number of carbonyl (C=O) groups is 3. The normalized spacial score (nSPS) is 18.5. The van der Waals surface area contributed by atoms with Crippen molar-refractivity contribution < 1.29 is 42.8 Å². The third-order valence-corrected chi connectivity index (χ3v) is 10.8. The molecule has 2 atom stereocenters. The van der Waals surface area contributed by atoms with Crippen LogP contribution in [0.5, 0.6) is 16.7 Å². The number of aromatic nitrogens is 1. The van der Waals surface area contributed by atoms with E-state index >= 15 is 4.79 Å². The molecule has 0 spiro atoms. The quantitative estimate of drug-likeness (QED) is 0.194. The lowest BCUT2D eigenvalue weighted by Crippen LogP contribution is -2.65. The van der Waals surface area contributed by atoms with Crippen LogP contribution < -0.4 is 14.2 Å². The van der Waals surface area contributed by atoms with E-state index in [4.69, 9.17) is 42.1 Å². The number of amides is 3. The van der Waals surface area contributed by atoms with E-state index in [1.165, 1.54) is 21.1 Å². The summed E-state index contributed by atoms with van der Waals surface area (Å²) in [5.74, 6) is -0.0525. The van der Waals surface area contributed by atoms with Crippen molar-refractivity contribution in [3.05, 3.63) is 74.0 Å². The van der Waals surface area contributed by atoms with Crippen LogP contribution in [0, 0.1) is 12.7 Å². The van der Waals surface area contributed by atoms with Gasteiger partial charge in [0.2, 0.25) is 0 Å². The van der Waals surface area contributed by atoms with Gasteiger partial charge in [0, 0.05) is 37.4 Å². The molecule has 6 rings (SSSR count). The fraction of sp³-hybridized carbons (Fsp3) is 0.459. The Hall–Kier alpha value is -4.27. The van der Waals surface area contributed by atoms with Gasteiger partial charge in [-0.15, -0.1) is 0 Å². The number of carboxylic acid groups (broad SMARTS) is 1. The van der Waals surface area contributed by atoms with Crippen molar-refractivity contribution in [2.75, 3.05) is 33.4 Å². The summed E-state index contributed by atoms with van der Waals surface area (Å²) in [6.45, 7) is 7.65. The number of carbonyl (C=O) groups excluding carboxylic acids is 2. The molecular formula is C37H41Cl2FN4O8S. The Morgan fingerprint density at radius 1 is 1.09 bits per heavy atom. The Morgan fingerprint density at radius 3 is 2.43 bits per heavy atom. The lowest BCUT2D eigenvalue weighted by Gasteiger charge is -2.50. The third kappa shape index (κ3) is 8.60. The predicted octanol–water partition coefficient (Wildman–Crippen LogP) is 7.68. The SMILES string of the molecule is COc1cccc(CN(C(=O)C2=C(c3cnc(OCCOc4c(Cl)cc(F)cc4Cl)s3)CC3CN(C(=O)OC(C)(C)C)C[C@H]2N3C(=O)O)C2CC2)c1C. The number of halogens is 3. The lowest BCUT2D eigenvalue weighted by atomic mass is 9.83. The molecule has 3 aliphatic rings. The molecule has 2 aromatic carbocycles. The van der Waals surface area contributed by atoms with Crippen LogP contribution in [0.2, 0.25) is 10.0 Å². The molecule has 3 aromatic rings. The van der Waals surface area contributed by atoms with Crippen molar-refractivity contribution in [3.8, 4) is 16.7 Å². The maximum Gasteiger partial charge on any atom is 0.410 e. The first-order chi connectivity index (χ1) is 25.1. The zero-order valence-corrected chi connectivity index (χ0v) is 32.3. The Labute approximate surface area is 321 Å². The number of hydrogen-bond acceptors (Lipinski definition) is 9. The zero-order chi connectivity index (χ0) is 38.2. The highest BCUT2D eigenvalue weighted by Gasteiger charge is 2.50. The standard InChI is InChI=1S/C37H41Cl2FN4O8S/c1-20-21(7-6-8-29(20)49-5)17-43(23-9-10-23)33(45)31-25(15-24-18-42(36(48)52-37(2,3)4)19-28(31)44(24)35(46)47)30-16-41-34(53-30)51-12-11-50-32-26(38)13-22(40)14-27(32)39/h6-8,13-14,16,23-24,28H,9-12,15,17-19H2,1-5H3,(H,46,47)/t24?,28-/m1/s1. The van der Waals surface area contributed by atoms with Gasteiger partial charge in [-0.05, 0) is 81.9 Å². The summed E-state index contributed by atoms with van der Waals surface area (Å²) in [5, 5.41) is 10.9. The van der Waals surface area contributed by atoms with E-state index in [1.54, 1.807) is 34.1 Å². The molecule has 1 aromatic heterocycles. The van der Waals surface area contributed by atoms with Crippen LogP contribution in [0.25, 0.3) is 5.57 Å².